The monoisotopic (exact) mass is 684 g/mol. The van der Waals surface area contributed by atoms with Crippen LogP contribution in [-0.4, -0.2) is 27.4 Å². The third-order valence-electron chi connectivity index (χ3n) is 10.1. The lowest BCUT2D eigenvalue weighted by Crippen LogP contribution is -2.22. The largest absolute Gasteiger partial charge is 0.363 e. The van der Waals surface area contributed by atoms with Crippen LogP contribution in [-0.2, 0) is 13.1 Å². The number of rotatable bonds is 7. The first-order valence-corrected chi connectivity index (χ1v) is 17.7. The summed E-state index contributed by atoms with van der Waals surface area (Å²) in [6.45, 7) is 7.67. The van der Waals surface area contributed by atoms with Gasteiger partial charge in [-0.05, 0) is 71.1 Å². The Bertz CT molecular complexity index is 2880. The van der Waals surface area contributed by atoms with E-state index in [4.69, 9.17) is 4.98 Å². The Morgan fingerprint density at radius 2 is 1.00 bits per heavy atom. The minimum atomic E-state index is 0.834. The lowest BCUT2D eigenvalue weighted by atomic mass is 10.0. The lowest BCUT2D eigenvalue weighted by Gasteiger charge is -2.26. The predicted molar refractivity (Wildman–Crippen MR) is 224 cm³/mol. The highest BCUT2D eigenvalue weighted by Gasteiger charge is 2.20. The van der Waals surface area contributed by atoms with Gasteiger partial charge in [-0.2, -0.15) is 10.2 Å². The van der Waals surface area contributed by atoms with Crippen molar-refractivity contribution >= 4 is 79.3 Å². The number of benzene rings is 7. The first kappa shape index (κ1) is 31.9. The van der Waals surface area contributed by atoms with E-state index in [-0.39, 0.29) is 0 Å². The molecular formula is C47H36N6. The highest BCUT2D eigenvalue weighted by molar-refractivity contribution is 6.29. The average molecular weight is 685 g/mol. The Kier molecular flexibility index (Phi) is 8.18. The van der Waals surface area contributed by atoms with Gasteiger partial charge in [-0.1, -0.05) is 115 Å². The van der Waals surface area contributed by atoms with Crippen molar-refractivity contribution in [3.05, 3.63) is 181 Å². The summed E-state index contributed by atoms with van der Waals surface area (Å²) < 4.78 is 4.78. The molecule has 0 atom stereocenters. The van der Waals surface area contributed by atoms with Crippen LogP contribution < -0.4 is 4.90 Å². The number of anilines is 1. The van der Waals surface area contributed by atoms with Crippen LogP contribution in [0.25, 0.3) is 65.8 Å². The molecule has 0 amide bonds. The zero-order chi connectivity index (χ0) is 35.7. The highest BCUT2D eigenvalue weighted by Crippen LogP contribution is 2.41. The molecule has 0 spiro atoms. The molecule has 0 fully saturated rings. The van der Waals surface area contributed by atoms with Crippen LogP contribution in [0.15, 0.2) is 180 Å². The topological polar surface area (TPSA) is 50.2 Å². The quantitative estimate of drug-likeness (QED) is 0.0953. The van der Waals surface area contributed by atoms with E-state index in [2.05, 4.69) is 207 Å². The van der Waals surface area contributed by atoms with Gasteiger partial charge in [0.15, 0.2) is 0 Å². The van der Waals surface area contributed by atoms with Crippen LogP contribution in [0.3, 0.4) is 0 Å². The van der Waals surface area contributed by atoms with Crippen molar-refractivity contribution in [1.82, 2.24) is 14.0 Å². The molecule has 0 unspecified atom stereocenters. The van der Waals surface area contributed by atoms with Crippen LogP contribution in [0.4, 0.5) is 5.69 Å². The van der Waals surface area contributed by atoms with E-state index in [1.54, 1.807) is 0 Å². The van der Waals surface area contributed by atoms with E-state index in [1.165, 1.54) is 54.9 Å². The summed E-state index contributed by atoms with van der Waals surface area (Å²) in [5, 5.41) is 12.2. The Hall–Kier alpha value is -7.05. The standard InChI is InChI=1S/C45H32N4.C2H4N2/c1-3-13-31(14-4-1)29-47(30-32-15-5-2-6-16-32)33-23-25-34(26-24-33)48-39-21-11-9-19-37(39)44-41(48)27-28-42-43(44)35-17-7-8-18-36(35)45-46-38-20-10-12-22-40(38)49(42)45;1-3-4-2/h1-28H,29-30H2;1-2H2. The smallest absolute Gasteiger partial charge is 0.146 e. The number of imidazole rings is 1. The molecule has 53 heavy (non-hydrogen) atoms. The minimum Gasteiger partial charge on any atom is -0.363 e. The second-order valence-electron chi connectivity index (χ2n) is 13.1. The number of hydrogen-bond acceptors (Lipinski definition) is 4. The van der Waals surface area contributed by atoms with Gasteiger partial charge in [0.2, 0.25) is 0 Å². The third-order valence-corrected chi connectivity index (χ3v) is 10.1. The molecule has 254 valence electrons. The lowest BCUT2D eigenvalue weighted by molar-refractivity contribution is 0.800. The Labute approximate surface area is 307 Å². The summed E-state index contributed by atoms with van der Waals surface area (Å²) in [5.41, 5.74) is 11.6. The summed E-state index contributed by atoms with van der Waals surface area (Å²) in [7, 11) is 0. The van der Waals surface area contributed by atoms with Crippen LogP contribution >= 0.6 is 0 Å². The van der Waals surface area contributed by atoms with Crippen molar-refractivity contribution in [2.45, 2.75) is 13.1 Å². The van der Waals surface area contributed by atoms with Crippen molar-refractivity contribution in [1.29, 1.82) is 0 Å². The number of nitrogens with zero attached hydrogens (tertiary/aromatic N) is 6. The fraction of sp³-hybridized carbons (Fsp3) is 0.0426. The first-order valence-electron chi connectivity index (χ1n) is 17.7. The van der Waals surface area contributed by atoms with Crippen molar-refractivity contribution < 1.29 is 0 Å². The van der Waals surface area contributed by atoms with Crippen LogP contribution in [0.1, 0.15) is 11.1 Å². The molecule has 0 bridgehead atoms. The number of hydrogen-bond donors (Lipinski definition) is 0. The molecule has 3 heterocycles. The number of pyridine rings is 1. The molecule has 7 aromatic carbocycles. The van der Waals surface area contributed by atoms with Crippen molar-refractivity contribution in [3.8, 4) is 5.69 Å². The zero-order valence-corrected chi connectivity index (χ0v) is 29.2. The second-order valence-corrected chi connectivity index (χ2v) is 13.1. The molecule has 10 aromatic rings. The van der Waals surface area contributed by atoms with Crippen molar-refractivity contribution in [2.75, 3.05) is 4.90 Å². The van der Waals surface area contributed by atoms with Crippen molar-refractivity contribution in [3.63, 3.8) is 0 Å². The van der Waals surface area contributed by atoms with E-state index < -0.39 is 0 Å². The Morgan fingerprint density at radius 1 is 0.472 bits per heavy atom. The van der Waals surface area contributed by atoms with E-state index >= 15 is 0 Å². The summed E-state index contributed by atoms with van der Waals surface area (Å²) in [5.74, 6) is 0. The van der Waals surface area contributed by atoms with Crippen LogP contribution in [0.5, 0.6) is 0 Å². The molecule has 10 rings (SSSR count). The van der Waals surface area contributed by atoms with Gasteiger partial charge in [0.1, 0.15) is 5.65 Å². The minimum absolute atomic E-state index is 0.834. The maximum absolute atomic E-state index is 5.12. The summed E-state index contributed by atoms with van der Waals surface area (Å²) in [6, 6.07) is 61.2. The van der Waals surface area contributed by atoms with Gasteiger partial charge in [0.25, 0.3) is 0 Å². The molecular weight excluding hydrogens is 649 g/mol. The average Bonchev–Trinajstić information content (AvgIpc) is 3.78. The molecule has 0 saturated heterocycles. The predicted octanol–water partition coefficient (Wildman–Crippen LogP) is 11.4. The van der Waals surface area contributed by atoms with Gasteiger partial charge < -0.3 is 9.47 Å². The molecule has 3 aromatic heterocycles. The van der Waals surface area contributed by atoms with E-state index in [1.807, 2.05) is 0 Å². The van der Waals surface area contributed by atoms with Crippen molar-refractivity contribution in [2.24, 2.45) is 10.2 Å². The van der Waals surface area contributed by atoms with Gasteiger partial charge in [-0.15, -0.1) is 0 Å². The second kappa shape index (κ2) is 13.6. The van der Waals surface area contributed by atoms with E-state index in [0.29, 0.717) is 0 Å². The molecule has 0 radical (unpaired) electrons. The SMILES string of the molecule is C=NN=C.c1ccc(CN(Cc2ccccc2)c2ccc(-n3c4ccccc4c4c5c6ccccc6c6nc7ccccc7n6c5ccc43)cc2)cc1. The third kappa shape index (κ3) is 5.58. The Balaban J connectivity index is 0.000000888. The zero-order valence-electron chi connectivity index (χ0n) is 29.2. The summed E-state index contributed by atoms with van der Waals surface area (Å²) in [4.78, 5) is 7.58. The summed E-state index contributed by atoms with van der Waals surface area (Å²) >= 11 is 0. The van der Waals surface area contributed by atoms with E-state index in [0.717, 1.165) is 40.8 Å². The molecule has 6 nitrogen and oxygen atoms in total. The van der Waals surface area contributed by atoms with Gasteiger partial charge >= 0.3 is 0 Å². The fourth-order valence-electron chi connectivity index (χ4n) is 7.79. The van der Waals surface area contributed by atoms with Gasteiger partial charge in [0.05, 0.1) is 27.6 Å². The van der Waals surface area contributed by atoms with Crippen LogP contribution in [0.2, 0.25) is 0 Å². The number of aromatic nitrogens is 3. The molecule has 0 aliphatic rings. The summed E-state index contributed by atoms with van der Waals surface area (Å²) in [6.07, 6.45) is 0. The number of fused-ring (bicyclic) bond motifs is 12. The Morgan fingerprint density at radius 3 is 1.66 bits per heavy atom. The van der Waals surface area contributed by atoms with Crippen LogP contribution in [0, 0.1) is 0 Å². The van der Waals surface area contributed by atoms with E-state index in [9.17, 15) is 0 Å². The molecule has 0 N–H and O–H groups in total. The highest BCUT2D eigenvalue weighted by atomic mass is 15.2. The maximum atomic E-state index is 5.12. The molecule has 0 aliphatic heterocycles. The van der Waals surface area contributed by atoms with Gasteiger partial charge in [0, 0.05) is 59.4 Å². The maximum Gasteiger partial charge on any atom is 0.146 e. The molecule has 6 heteroatoms. The van der Waals surface area contributed by atoms with Gasteiger partial charge in [-0.3, -0.25) is 4.40 Å². The normalized spacial score (nSPS) is 11.3. The fourth-order valence-corrected chi connectivity index (χ4v) is 7.79. The van der Waals surface area contributed by atoms with Gasteiger partial charge in [-0.25, -0.2) is 4.98 Å². The molecule has 0 aliphatic carbocycles. The molecule has 0 saturated carbocycles. The number of para-hydroxylation sites is 3. The first-order chi connectivity index (χ1) is 26.2.